The summed E-state index contributed by atoms with van der Waals surface area (Å²) in [5.74, 6) is 0. The molecule has 1 fully saturated rings. The average molecular weight is 443 g/mol. The Bertz CT molecular complexity index is 971. The highest BCUT2D eigenvalue weighted by atomic mass is 19.4. The van der Waals surface area contributed by atoms with Crippen LogP contribution in [-0.4, -0.2) is 42.2 Å². The maximum Gasteiger partial charge on any atom is 0.430 e. The van der Waals surface area contributed by atoms with Crippen molar-refractivity contribution in [3.63, 3.8) is 0 Å². The van der Waals surface area contributed by atoms with Crippen LogP contribution >= 0.6 is 0 Å². The van der Waals surface area contributed by atoms with Gasteiger partial charge in [0, 0.05) is 26.2 Å². The molecule has 0 N–H and O–H groups in total. The first kappa shape index (κ1) is 22.9. The molecule has 1 aliphatic carbocycles. The Kier molecular flexibility index (Phi) is 6.66. The van der Waals surface area contributed by atoms with Crippen molar-refractivity contribution in [2.24, 2.45) is 0 Å². The number of piperazine rings is 1. The third-order valence-corrected chi connectivity index (χ3v) is 7.03. The summed E-state index contributed by atoms with van der Waals surface area (Å²) < 4.78 is 39.4. The van der Waals surface area contributed by atoms with Gasteiger partial charge < -0.3 is 4.90 Å². The fourth-order valence-electron chi connectivity index (χ4n) is 5.24. The lowest BCUT2D eigenvalue weighted by Crippen LogP contribution is -2.49. The molecular formula is C27H33F3N2. The number of aryl methyl sites for hydroxylation is 4. The van der Waals surface area contributed by atoms with Crippen LogP contribution in [0.2, 0.25) is 0 Å². The summed E-state index contributed by atoms with van der Waals surface area (Å²) in [5, 5.41) is 0. The molecule has 2 aromatic rings. The van der Waals surface area contributed by atoms with Gasteiger partial charge in [0.25, 0.3) is 0 Å². The summed E-state index contributed by atoms with van der Waals surface area (Å²) in [7, 11) is 0. The van der Waals surface area contributed by atoms with Crippen molar-refractivity contribution in [1.29, 1.82) is 0 Å². The number of rotatable bonds is 6. The minimum Gasteiger partial charge on any atom is -0.365 e. The Morgan fingerprint density at radius 3 is 2.28 bits per heavy atom. The fraction of sp³-hybridized carbons (Fsp3) is 0.481. The van der Waals surface area contributed by atoms with Gasteiger partial charge in [-0.2, -0.15) is 13.2 Å². The molecule has 0 saturated carbocycles. The molecule has 1 saturated heterocycles. The second-order valence-corrected chi connectivity index (χ2v) is 9.19. The first-order valence-corrected chi connectivity index (χ1v) is 11.7. The summed E-state index contributed by atoms with van der Waals surface area (Å²) in [6, 6.07) is 13.6. The molecule has 2 aromatic carbocycles. The van der Waals surface area contributed by atoms with Crippen molar-refractivity contribution in [3.8, 4) is 0 Å². The second kappa shape index (κ2) is 9.30. The van der Waals surface area contributed by atoms with Crippen LogP contribution in [0, 0.1) is 6.92 Å². The molecule has 1 heterocycles. The summed E-state index contributed by atoms with van der Waals surface area (Å²) in [5.41, 5.74) is 7.27. The van der Waals surface area contributed by atoms with Gasteiger partial charge in [-0.15, -0.1) is 0 Å². The molecular weight excluding hydrogens is 409 g/mol. The van der Waals surface area contributed by atoms with Crippen LogP contribution < -0.4 is 0 Å². The lowest BCUT2D eigenvalue weighted by molar-refractivity contribution is -0.114. The molecule has 172 valence electrons. The van der Waals surface area contributed by atoms with Crippen LogP contribution in [0.15, 0.2) is 48.7 Å². The van der Waals surface area contributed by atoms with Gasteiger partial charge in [0.05, 0.1) is 6.04 Å². The molecule has 0 spiro atoms. The lowest BCUT2D eigenvalue weighted by atomic mass is 9.91. The molecule has 2 nitrogen and oxygen atoms in total. The molecule has 1 unspecified atom stereocenters. The molecule has 0 radical (unpaired) electrons. The number of halogens is 3. The lowest BCUT2D eigenvalue weighted by Gasteiger charge is -2.41. The van der Waals surface area contributed by atoms with Gasteiger partial charge in [0.15, 0.2) is 0 Å². The van der Waals surface area contributed by atoms with Gasteiger partial charge in [-0.25, -0.2) is 0 Å². The Hall–Kier alpha value is -2.27. The van der Waals surface area contributed by atoms with Gasteiger partial charge in [0.2, 0.25) is 0 Å². The van der Waals surface area contributed by atoms with E-state index >= 15 is 0 Å². The number of fused-ring (bicyclic) bond motifs is 1. The van der Waals surface area contributed by atoms with Crippen LogP contribution in [0.4, 0.5) is 13.2 Å². The highest BCUT2D eigenvalue weighted by molar-refractivity contribution is 5.42. The topological polar surface area (TPSA) is 6.48 Å². The van der Waals surface area contributed by atoms with Crippen LogP contribution in [-0.2, 0) is 19.3 Å². The number of allylic oxidation sites excluding steroid dienone is 1. The molecule has 1 atom stereocenters. The van der Waals surface area contributed by atoms with Gasteiger partial charge in [-0.05, 0) is 66.0 Å². The standard InChI is InChI=1S/C27H33F3N2/c1-4-6-21-9-11-24(17-19(21)2)26(25-12-10-22-7-5-8-23(22)18-25)32-15-13-31(14-16-32)20(3)27(28,29)30/h9-12,17-18,26H,3-8,13-16H2,1-2H3. The molecule has 5 heteroatoms. The van der Waals surface area contributed by atoms with Crippen LogP contribution in [0.25, 0.3) is 0 Å². The van der Waals surface area contributed by atoms with E-state index in [9.17, 15) is 13.2 Å². The predicted molar refractivity (Wildman–Crippen MR) is 124 cm³/mol. The fourth-order valence-corrected chi connectivity index (χ4v) is 5.24. The number of nitrogens with zero attached hydrogens (tertiary/aromatic N) is 2. The molecule has 0 aromatic heterocycles. The van der Waals surface area contributed by atoms with E-state index < -0.39 is 11.9 Å². The zero-order valence-corrected chi connectivity index (χ0v) is 19.1. The third kappa shape index (κ3) is 4.73. The van der Waals surface area contributed by atoms with Crippen molar-refractivity contribution in [1.82, 2.24) is 9.80 Å². The third-order valence-electron chi connectivity index (χ3n) is 7.03. The molecule has 0 bridgehead atoms. The van der Waals surface area contributed by atoms with Crippen molar-refractivity contribution in [3.05, 3.63) is 82.1 Å². The maximum absolute atomic E-state index is 13.1. The highest BCUT2D eigenvalue weighted by Gasteiger charge is 2.38. The van der Waals surface area contributed by atoms with E-state index in [-0.39, 0.29) is 6.04 Å². The van der Waals surface area contributed by atoms with Gasteiger partial charge in [0.1, 0.15) is 5.70 Å². The second-order valence-electron chi connectivity index (χ2n) is 9.19. The van der Waals surface area contributed by atoms with E-state index in [1.54, 1.807) is 0 Å². The Balaban J connectivity index is 1.63. The van der Waals surface area contributed by atoms with E-state index in [2.05, 4.69) is 61.7 Å². The van der Waals surface area contributed by atoms with Gasteiger partial charge >= 0.3 is 6.18 Å². The monoisotopic (exact) mass is 442 g/mol. The molecule has 2 aliphatic rings. The van der Waals surface area contributed by atoms with Crippen molar-refractivity contribution in [2.75, 3.05) is 26.2 Å². The normalized spacial score (nSPS) is 18.0. The maximum atomic E-state index is 13.1. The Morgan fingerprint density at radius 2 is 1.62 bits per heavy atom. The van der Waals surface area contributed by atoms with E-state index in [4.69, 9.17) is 0 Å². The van der Waals surface area contributed by atoms with E-state index in [0.717, 1.165) is 25.7 Å². The first-order valence-electron chi connectivity index (χ1n) is 11.7. The van der Waals surface area contributed by atoms with Crippen LogP contribution in [0.5, 0.6) is 0 Å². The van der Waals surface area contributed by atoms with Gasteiger partial charge in [-0.1, -0.05) is 56.3 Å². The van der Waals surface area contributed by atoms with Gasteiger partial charge in [-0.3, -0.25) is 4.90 Å². The minimum atomic E-state index is -4.37. The highest BCUT2D eigenvalue weighted by Crippen LogP contribution is 2.35. The van der Waals surface area contributed by atoms with Crippen molar-refractivity contribution >= 4 is 0 Å². The van der Waals surface area contributed by atoms with E-state index in [1.165, 1.54) is 44.7 Å². The zero-order chi connectivity index (χ0) is 22.9. The Labute approximate surface area is 189 Å². The van der Waals surface area contributed by atoms with E-state index in [1.807, 2.05) is 0 Å². The average Bonchev–Trinajstić information content (AvgIpc) is 3.23. The summed E-state index contributed by atoms with van der Waals surface area (Å²) in [6.07, 6.45) is 1.26. The quantitative estimate of drug-likeness (QED) is 0.524. The summed E-state index contributed by atoms with van der Waals surface area (Å²) in [4.78, 5) is 3.72. The molecule has 0 amide bonds. The van der Waals surface area contributed by atoms with Crippen molar-refractivity contribution < 1.29 is 13.2 Å². The van der Waals surface area contributed by atoms with Crippen LogP contribution in [0.3, 0.4) is 0 Å². The number of hydrogen-bond donors (Lipinski definition) is 0. The Morgan fingerprint density at radius 1 is 0.969 bits per heavy atom. The SMILES string of the molecule is C=C(N1CCN(C(c2ccc(CCC)c(C)c2)c2ccc3c(c2)CCC3)CC1)C(F)(F)F. The molecule has 1 aliphatic heterocycles. The van der Waals surface area contributed by atoms with Crippen molar-refractivity contribution in [2.45, 2.75) is 58.2 Å². The number of benzene rings is 2. The number of alkyl halides is 3. The summed E-state index contributed by atoms with van der Waals surface area (Å²) >= 11 is 0. The largest absolute Gasteiger partial charge is 0.430 e. The summed E-state index contributed by atoms with van der Waals surface area (Å²) in [6.45, 7) is 9.48. The smallest absolute Gasteiger partial charge is 0.365 e. The molecule has 32 heavy (non-hydrogen) atoms. The minimum absolute atomic E-state index is 0.0524. The van der Waals surface area contributed by atoms with Crippen LogP contribution in [0.1, 0.15) is 59.2 Å². The molecule has 4 rings (SSSR count). The predicted octanol–water partition coefficient (Wildman–Crippen LogP) is 6.22. The first-order chi connectivity index (χ1) is 15.3. The zero-order valence-electron chi connectivity index (χ0n) is 19.1. The number of hydrogen-bond acceptors (Lipinski definition) is 2. The van der Waals surface area contributed by atoms with E-state index in [0.29, 0.717) is 26.2 Å².